The number of nitrogens with zero attached hydrogens (tertiary/aromatic N) is 1. The Morgan fingerprint density at radius 3 is 3.00 bits per heavy atom. The number of nitrogens with two attached hydrogens (primary N) is 1. The number of rotatable bonds is 2. The van der Waals surface area contributed by atoms with E-state index in [2.05, 4.69) is 10.4 Å². The summed E-state index contributed by atoms with van der Waals surface area (Å²) >= 11 is 1.34. The first-order valence-corrected chi connectivity index (χ1v) is 3.20. The molecule has 0 bridgehead atoms. The minimum Gasteiger partial charge on any atom is -0.391 e. The molecule has 1 aromatic heterocycles. The maximum absolute atomic E-state index is 8.55. The van der Waals surface area contributed by atoms with Crippen LogP contribution in [0, 0.1) is 0 Å². The second-order valence-corrected chi connectivity index (χ2v) is 2.55. The Hall–Kier alpha value is -0.650. The number of hydrogen-bond donors (Lipinski definition) is 3. The Bertz CT molecular complexity index is 169. The Morgan fingerprint density at radius 1 is 1.89 bits per heavy atom. The molecule has 50 valence electrons. The molecule has 0 saturated heterocycles. The van der Waals surface area contributed by atoms with E-state index in [9.17, 15) is 0 Å². The van der Waals surface area contributed by atoms with Crippen molar-refractivity contribution in [1.29, 1.82) is 0 Å². The molecule has 0 fully saturated rings. The Kier molecular flexibility index (Phi) is 1.99. The molecule has 0 aromatic carbocycles. The van der Waals surface area contributed by atoms with Gasteiger partial charge in [0.25, 0.3) is 0 Å². The van der Waals surface area contributed by atoms with Crippen LogP contribution >= 0.6 is 11.3 Å². The van der Waals surface area contributed by atoms with Crippen molar-refractivity contribution in [3.63, 3.8) is 0 Å². The van der Waals surface area contributed by atoms with E-state index in [0.717, 1.165) is 4.88 Å². The Morgan fingerprint density at radius 2 is 2.67 bits per heavy atom. The molecule has 0 aliphatic rings. The lowest BCUT2D eigenvalue weighted by Gasteiger charge is -1.86. The minimum atomic E-state index is 0.0271. The lowest BCUT2D eigenvalue weighted by Crippen LogP contribution is -2.05. The van der Waals surface area contributed by atoms with Crippen LogP contribution in [0.5, 0.6) is 0 Å². The number of hydrazine groups is 1. The normalized spacial score (nSPS) is 9.56. The number of thiazole rings is 1. The zero-order valence-corrected chi connectivity index (χ0v) is 5.48. The van der Waals surface area contributed by atoms with Crippen LogP contribution in [0.15, 0.2) is 6.20 Å². The topological polar surface area (TPSA) is 71.2 Å². The van der Waals surface area contributed by atoms with Crippen molar-refractivity contribution >= 4 is 16.5 Å². The third kappa shape index (κ3) is 1.38. The maximum atomic E-state index is 8.55. The summed E-state index contributed by atoms with van der Waals surface area (Å²) in [4.78, 5) is 4.64. The van der Waals surface area contributed by atoms with E-state index >= 15 is 0 Å². The molecule has 0 aliphatic heterocycles. The summed E-state index contributed by atoms with van der Waals surface area (Å²) in [6.07, 6.45) is 1.58. The van der Waals surface area contributed by atoms with E-state index in [4.69, 9.17) is 10.9 Å². The first kappa shape index (κ1) is 6.47. The molecule has 4 nitrogen and oxygen atoms in total. The minimum absolute atomic E-state index is 0.0271. The fourth-order valence-corrected chi connectivity index (χ4v) is 1.03. The Labute approximate surface area is 56.3 Å². The van der Waals surface area contributed by atoms with Gasteiger partial charge in [0.1, 0.15) is 0 Å². The third-order valence-corrected chi connectivity index (χ3v) is 1.75. The predicted octanol–water partition coefficient (Wildman–Crippen LogP) is -0.0790. The number of nitrogen functional groups attached to an aromatic ring is 1. The average molecular weight is 145 g/mol. The van der Waals surface area contributed by atoms with E-state index in [-0.39, 0.29) is 6.61 Å². The first-order valence-electron chi connectivity index (χ1n) is 2.39. The fourth-order valence-electron chi connectivity index (χ4n) is 0.447. The highest BCUT2D eigenvalue weighted by Crippen LogP contribution is 2.15. The molecule has 0 saturated carbocycles. The van der Waals surface area contributed by atoms with Crippen LogP contribution in [0.4, 0.5) is 5.13 Å². The number of anilines is 1. The molecule has 9 heavy (non-hydrogen) atoms. The monoisotopic (exact) mass is 145 g/mol. The summed E-state index contributed by atoms with van der Waals surface area (Å²) in [7, 11) is 0. The second kappa shape index (κ2) is 2.77. The molecule has 0 spiro atoms. The smallest absolute Gasteiger partial charge is 0.197 e. The van der Waals surface area contributed by atoms with Crippen molar-refractivity contribution in [3.8, 4) is 0 Å². The van der Waals surface area contributed by atoms with Crippen molar-refractivity contribution in [2.45, 2.75) is 6.61 Å². The quantitative estimate of drug-likeness (QED) is 0.402. The van der Waals surface area contributed by atoms with Gasteiger partial charge >= 0.3 is 0 Å². The first-order chi connectivity index (χ1) is 4.36. The zero-order chi connectivity index (χ0) is 6.69. The summed E-state index contributed by atoms with van der Waals surface area (Å²) in [6, 6.07) is 0. The van der Waals surface area contributed by atoms with E-state index in [1.54, 1.807) is 6.20 Å². The summed E-state index contributed by atoms with van der Waals surface area (Å²) in [6.45, 7) is 0.0271. The van der Waals surface area contributed by atoms with Crippen LogP contribution in [0.2, 0.25) is 0 Å². The summed E-state index contributed by atoms with van der Waals surface area (Å²) in [5.74, 6) is 5.03. The molecule has 0 radical (unpaired) electrons. The van der Waals surface area contributed by atoms with E-state index in [0.29, 0.717) is 5.13 Å². The molecular weight excluding hydrogens is 138 g/mol. The van der Waals surface area contributed by atoms with Gasteiger partial charge in [-0.3, -0.25) is 5.43 Å². The lowest BCUT2D eigenvalue weighted by atomic mass is 10.6. The lowest BCUT2D eigenvalue weighted by molar-refractivity contribution is 0.285. The maximum Gasteiger partial charge on any atom is 0.197 e. The molecule has 0 aliphatic carbocycles. The van der Waals surface area contributed by atoms with Gasteiger partial charge in [-0.2, -0.15) is 0 Å². The van der Waals surface area contributed by atoms with E-state index in [1.807, 2.05) is 0 Å². The Balaban J connectivity index is 2.74. The van der Waals surface area contributed by atoms with Crippen LogP contribution < -0.4 is 11.3 Å². The molecule has 0 atom stereocenters. The van der Waals surface area contributed by atoms with Crippen molar-refractivity contribution in [2.75, 3.05) is 5.43 Å². The predicted molar refractivity (Wildman–Crippen MR) is 35.8 cm³/mol. The van der Waals surface area contributed by atoms with Gasteiger partial charge in [-0.05, 0) is 0 Å². The number of hydrogen-bond acceptors (Lipinski definition) is 5. The largest absolute Gasteiger partial charge is 0.391 e. The SMILES string of the molecule is NNc1ncc(CO)s1. The highest BCUT2D eigenvalue weighted by Gasteiger charge is 1.95. The van der Waals surface area contributed by atoms with Gasteiger partial charge < -0.3 is 5.11 Å². The molecular formula is C4H7N3OS. The number of nitrogens with one attached hydrogen (secondary N) is 1. The van der Waals surface area contributed by atoms with Crippen LogP contribution in [0.25, 0.3) is 0 Å². The molecule has 5 heteroatoms. The highest BCUT2D eigenvalue weighted by molar-refractivity contribution is 7.15. The van der Waals surface area contributed by atoms with Crippen LogP contribution in [-0.2, 0) is 6.61 Å². The number of aromatic nitrogens is 1. The van der Waals surface area contributed by atoms with Crippen molar-refractivity contribution in [3.05, 3.63) is 11.1 Å². The van der Waals surface area contributed by atoms with Gasteiger partial charge in [0, 0.05) is 6.20 Å². The van der Waals surface area contributed by atoms with Crippen molar-refractivity contribution in [2.24, 2.45) is 5.84 Å². The van der Waals surface area contributed by atoms with Gasteiger partial charge in [-0.25, -0.2) is 10.8 Å². The van der Waals surface area contributed by atoms with Crippen molar-refractivity contribution in [1.82, 2.24) is 4.98 Å². The zero-order valence-electron chi connectivity index (χ0n) is 4.66. The second-order valence-electron chi connectivity index (χ2n) is 1.43. The summed E-state index contributed by atoms with van der Waals surface area (Å²) < 4.78 is 0. The van der Waals surface area contributed by atoms with Crippen LogP contribution in [0.1, 0.15) is 4.88 Å². The number of aliphatic hydroxyl groups is 1. The van der Waals surface area contributed by atoms with Gasteiger partial charge in [-0.1, -0.05) is 11.3 Å². The van der Waals surface area contributed by atoms with Gasteiger partial charge in [0.05, 0.1) is 11.5 Å². The number of aliphatic hydroxyl groups excluding tert-OH is 1. The van der Waals surface area contributed by atoms with E-state index < -0.39 is 0 Å². The summed E-state index contributed by atoms with van der Waals surface area (Å²) in [5, 5.41) is 9.17. The summed E-state index contributed by atoms with van der Waals surface area (Å²) in [5.41, 5.74) is 2.38. The molecule has 1 heterocycles. The molecule has 0 amide bonds. The fraction of sp³-hybridized carbons (Fsp3) is 0.250. The standard InChI is InChI=1S/C4H7N3OS/c5-7-4-6-1-3(2-8)9-4/h1,8H,2,5H2,(H,6,7). The highest BCUT2D eigenvalue weighted by atomic mass is 32.1. The van der Waals surface area contributed by atoms with Gasteiger partial charge in [0.15, 0.2) is 5.13 Å². The molecule has 1 rings (SSSR count). The molecule has 0 unspecified atom stereocenters. The van der Waals surface area contributed by atoms with Crippen LogP contribution in [-0.4, -0.2) is 10.1 Å². The molecule has 1 aromatic rings. The third-order valence-electron chi connectivity index (χ3n) is 0.833. The van der Waals surface area contributed by atoms with Gasteiger partial charge in [-0.15, -0.1) is 0 Å². The van der Waals surface area contributed by atoms with E-state index in [1.165, 1.54) is 11.3 Å². The van der Waals surface area contributed by atoms with Crippen molar-refractivity contribution < 1.29 is 5.11 Å². The average Bonchev–Trinajstić information content (AvgIpc) is 2.34. The molecule has 4 N–H and O–H groups in total. The van der Waals surface area contributed by atoms with Gasteiger partial charge in [0.2, 0.25) is 0 Å². The van der Waals surface area contributed by atoms with Crippen LogP contribution in [0.3, 0.4) is 0 Å².